The van der Waals surface area contributed by atoms with Gasteiger partial charge in [-0.2, -0.15) is 0 Å². The molecule has 1 unspecified atom stereocenters. The van der Waals surface area contributed by atoms with Gasteiger partial charge < -0.3 is 5.73 Å². The van der Waals surface area contributed by atoms with Crippen molar-refractivity contribution in [1.82, 2.24) is 0 Å². The SMILES string of the molecule is NC(Cc1cc(F)ccc1F)c1ccc(Cl)c(F)c1. The van der Waals surface area contributed by atoms with Gasteiger partial charge in [0.2, 0.25) is 0 Å². The monoisotopic (exact) mass is 285 g/mol. The summed E-state index contributed by atoms with van der Waals surface area (Å²) in [4.78, 5) is 0. The molecule has 5 heteroatoms. The highest BCUT2D eigenvalue weighted by Crippen LogP contribution is 2.22. The molecule has 0 aliphatic carbocycles. The molecule has 0 aromatic heterocycles. The molecule has 2 aromatic rings. The van der Waals surface area contributed by atoms with Crippen molar-refractivity contribution in [3.63, 3.8) is 0 Å². The van der Waals surface area contributed by atoms with Crippen LogP contribution in [-0.4, -0.2) is 0 Å². The minimum Gasteiger partial charge on any atom is -0.324 e. The third-order valence-electron chi connectivity index (χ3n) is 2.82. The zero-order valence-corrected chi connectivity index (χ0v) is 10.6. The van der Waals surface area contributed by atoms with Gasteiger partial charge >= 0.3 is 0 Å². The molecule has 2 N–H and O–H groups in total. The Morgan fingerprint density at radius 2 is 1.74 bits per heavy atom. The molecule has 0 saturated carbocycles. The number of benzene rings is 2. The summed E-state index contributed by atoms with van der Waals surface area (Å²) in [6.07, 6.45) is 0.0741. The lowest BCUT2D eigenvalue weighted by Gasteiger charge is -2.13. The second-order valence-electron chi connectivity index (χ2n) is 4.22. The lowest BCUT2D eigenvalue weighted by atomic mass is 9.99. The summed E-state index contributed by atoms with van der Waals surface area (Å²) in [5.74, 6) is -1.66. The smallest absolute Gasteiger partial charge is 0.142 e. The van der Waals surface area contributed by atoms with Crippen LogP contribution in [0.25, 0.3) is 0 Å². The first-order valence-electron chi connectivity index (χ1n) is 5.62. The van der Waals surface area contributed by atoms with E-state index in [-0.39, 0.29) is 17.0 Å². The lowest BCUT2D eigenvalue weighted by molar-refractivity contribution is 0.571. The molecule has 19 heavy (non-hydrogen) atoms. The Balaban J connectivity index is 2.22. The highest BCUT2D eigenvalue weighted by molar-refractivity contribution is 6.30. The van der Waals surface area contributed by atoms with Crippen molar-refractivity contribution >= 4 is 11.6 Å². The van der Waals surface area contributed by atoms with Crippen molar-refractivity contribution in [2.45, 2.75) is 12.5 Å². The largest absolute Gasteiger partial charge is 0.324 e. The van der Waals surface area contributed by atoms with Gasteiger partial charge in [0.25, 0.3) is 0 Å². The van der Waals surface area contributed by atoms with E-state index in [0.29, 0.717) is 5.56 Å². The fourth-order valence-corrected chi connectivity index (χ4v) is 1.92. The van der Waals surface area contributed by atoms with Crippen LogP contribution in [0, 0.1) is 17.5 Å². The van der Waals surface area contributed by atoms with E-state index < -0.39 is 23.5 Å². The summed E-state index contributed by atoms with van der Waals surface area (Å²) in [7, 11) is 0. The summed E-state index contributed by atoms with van der Waals surface area (Å²) in [5, 5.41) is -0.00659. The zero-order valence-electron chi connectivity index (χ0n) is 9.84. The third-order valence-corrected chi connectivity index (χ3v) is 3.13. The fraction of sp³-hybridized carbons (Fsp3) is 0.143. The Morgan fingerprint density at radius 3 is 2.42 bits per heavy atom. The van der Waals surface area contributed by atoms with Gasteiger partial charge in [-0.3, -0.25) is 0 Å². The molecule has 100 valence electrons. The Labute approximate surface area is 113 Å². The van der Waals surface area contributed by atoms with Gasteiger partial charge in [0.1, 0.15) is 17.5 Å². The van der Waals surface area contributed by atoms with E-state index in [2.05, 4.69) is 0 Å². The highest BCUT2D eigenvalue weighted by Gasteiger charge is 2.13. The van der Waals surface area contributed by atoms with Gasteiger partial charge in [0.05, 0.1) is 5.02 Å². The van der Waals surface area contributed by atoms with Crippen molar-refractivity contribution in [2.75, 3.05) is 0 Å². The van der Waals surface area contributed by atoms with Gasteiger partial charge in [-0.1, -0.05) is 17.7 Å². The summed E-state index contributed by atoms with van der Waals surface area (Å²) in [5.41, 5.74) is 6.50. The maximum atomic E-state index is 13.5. The molecule has 2 aromatic carbocycles. The fourth-order valence-electron chi connectivity index (χ4n) is 1.80. The predicted octanol–water partition coefficient (Wildman–Crippen LogP) is 4.00. The van der Waals surface area contributed by atoms with Gasteiger partial charge in [0.15, 0.2) is 0 Å². The summed E-state index contributed by atoms with van der Waals surface area (Å²) < 4.78 is 39.8. The number of halogens is 4. The molecule has 0 aliphatic rings. The van der Waals surface area contributed by atoms with Crippen LogP contribution in [0.5, 0.6) is 0 Å². The standard InChI is InChI=1S/C14H11ClF3N/c15-11-3-1-8(6-13(11)18)14(19)7-9-5-10(16)2-4-12(9)17/h1-6,14H,7,19H2. The van der Waals surface area contributed by atoms with Crippen molar-refractivity contribution in [2.24, 2.45) is 5.73 Å². The van der Waals surface area contributed by atoms with Crippen LogP contribution in [0.1, 0.15) is 17.2 Å². The first-order valence-corrected chi connectivity index (χ1v) is 5.99. The molecule has 0 heterocycles. The van der Waals surface area contributed by atoms with E-state index in [1.165, 1.54) is 12.1 Å². The number of rotatable bonds is 3. The Hall–Kier alpha value is -1.52. The van der Waals surface area contributed by atoms with Gasteiger partial charge in [-0.05, 0) is 47.9 Å². The Kier molecular flexibility index (Phi) is 4.12. The van der Waals surface area contributed by atoms with Crippen molar-refractivity contribution < 1.29 is 13.2 Å². The summed E-state index contributed by atoms with van der Waals surface area (Å²) in [6.45, 7) is 0. The molecule has 0 fully saturated rings. The maximum Gasteiger partial charge on any atom is 0.142 e. The van der Waals surface area contributed by atoms with Crippen LogP contribution in [-0.2, 0) is 6.42 Å². The topological polar surface area (TPSA) is 26.0 Å². The van der Waals surface area contributed by atoms with E-state index in [1.54, 1.807) is 6.07 Å². The first-order chi connectivity index (χ1) is 8.97. The van der Waals surface area contributed by atoms with Crippen molar-refractivity contribution in [1.29, 1.82) is 0 Å². The normalized spacial score (nSPS) is 12.5. The van der Waals surface area contributed by atoms with E-state index in [1.807, 2.05) is 0 Å². The summed E-state index contributed by atoms with van der Waals surface area (Å²) >= 11 is 5.57. The summed E-state index contributed by atoms with van der Waals surface area (Å²) in [6, 6.07) is 6.67. The Morgan fingerprint density at radius 1 is 1.00 bits per heavy atom. The second kappa shape index (κ2) is 5.63. The van der Waals surface area contributed by atoms with E-state index in [9.17, 15) is 13.2 Å². The minimum absolute atomic E-state index is 0.00659. The lowest BCUT2D eigenvalue weighted by Crippen LogP contribution is -2.14. The second-order valence-corrected chi connectivity index (χ2v) is 4.63. The van der Waals surface area contributed by atoms with Gasteiger partial charge in [0, 0.05) is 6.04 Å². The van der Waals surface area contributed by atoms with Crippen LogP contribution < -0.4 is 5.73 Å². The highest BCUT2D eigenvalue weighted by atomic mass is 35.5. The number of hydrogen-bond donors (Lipinski definition) is 1. The van der Waals surface area contributed by atoms with Crippen LogP contribution in [0.2, 0.25) is 5.02 Å². The van der Waals surface area contributed by atoms with E-state index >= 15 is 0 Å². The van der Waals surface area contributed by atoms with Crippen molar-refractivity contribution in [3.05, 3.63) is 70.0 Å². The molecule has 2 rings (SSSR count). The quantitative estimate of drug-likeness (QED) is 0.906. The molecule has 0 radical (unpaired) electrons. The zero-order chi connectivity index (χ0) is 14.0. The third kappa shape index (κ3) is 3.28. The maximum absolute atomic E-state index is 13.5. The number of nitrogens with two attached hydrogens (primary N) is 1. The van der Waals surface area contributed by atoms with Crippen molar-refractivity contribution in [3.8, 4) is 0 Å². The van der Waals surface area contributed by atoms with Crippen LogP contribution >= 0.6 is 11.6 Å². The van der Waals surface area contributed by atoms with Crippen LogP contribution in [0.15, 0.2) is 36.4 Å². The van der Waals surface area contributed by atoms with Gasteiger partial charge in [-0.25, -0.2) is 13.2 Å². The number of hydrogen-bond acceptors (Lipinski definition) is 1. The molecular weight excluding hydrogens is 275 g/mol. The molecule has 1 nitrogen and oxygen atoms in total. The predicted molar refractivity (Wildman–Crippen MR) is 68.4 cm³/mol. The molecular formula is C14H11ClF3N. The molecule has 0 amide bonds. The van der Waals surface area contributed by atoms with E-state index in [0.717, 1.165) is 18.2 Å². The minimum atomic E-state index is -0.636. The Bertz CT molecular complexity index is 601. The molecule has 0 aliphatic heterocycles. The van der Waals surface area contributed by atoms with Crippen LogP contribution in [0.3, 0.4) is 0 Å². The average molecular weight is 286 g/mol. The van der Waals surface area contributed by atoms with Crippen LogP contribution in [0.4, 0.5) is 13.2 Å². The first kappa shape index (κ1) is 13.9. The molecule has 0 saturated heterocycles. The molecule has 0 spiro atoms. The molecule has 1 atom stereocenters. The van der Waals surface area contributed by atoms with Gasteiger partial charge in [-0.15, -0.1) is 0 Å². The van der Waals surface area contributed by atoms with E-state index in [4.69, 9.17) is 17.3 Å². The average Bonchev–Trinajstić information content (AvgIpc) is 2.37. The molecule has 0 bridgehead atoms.